The number of nitrogens with zero attached hydrogens (tertiary/aromatic N) is 2. The fourth-order valence-corrected chi connectivity index (χ4v) is 1.98. The predicted octanol–water partition coefficient (Wildman–Crippen LogP) is 0.999. The first-order chi connectivity index (χ1) is 7.79. The highest BCUT2D eigenvalue weighted by atomic mass is 16.2. The van der Waals surface area contributed by atoms with Crippen LogP contribution in [0.15, 0.2) is 24.9 Å². The largest absolute Gasteiger partial charge is 0.366 e. The zero-order valence-corrected chi connectivity index (χ0v) is 9.15. The molecule has 1 amide bonds. The normalized spacial score (nSPS) is 20.5. The highest BCUT2D eigenvalue weighted by Crippen LogP contribution is 2.14. The highest BCUT2D eigenvalue weighted by Gasteiger charge is 2.22. The maximum atomic E-state index is 11.5. The van der Waals surface area contributed by atoms with E-state index in [1.807, 2.05) is 11.0 Å². The molecule has 0 spiro atoms. The molecule has 0 saturated carbocycles. The van der Waals surface area contributed by atoms with Crippen LogP contribution >= 0.6 is 0 Å². The Labute approximate surface area is 94.5 Å². The van der Waals surface area contributed by atoms with Gasteiger partial charge in [0.1, 0.15) is 5.82 Å². The van der Waals surface area contributed by atoms with Crippen molar-refractivity contribution in [3.8, 4) is 0 Å². The van der Waals surface area contributed by atoms with Gasteiger partial charge in [-0.05, 0) is 25.0 Å². The van der Waals surface area contributed by atoms with Crippen LogP contribution in [-0.2, 0) is 4.79 Å². The van der Waals surface area contributed by atoms with Crippen LogP contribution in [0.2, 0.25) is 0 Å². The Hall–Kier alpha value is -1.78. The fraction of sp³-hybridized carbons (Fsp3) is 0.455. The molecule has 0 aromatic carbocycles. The third kappa shape index (κ3) is 2.42. The van der Waals surface area contributed by atoms with Gasteiger partial charge in [0.05, 0.1) is 6.20 Å². The number of anilines is 1. The van der Waals surface area contributed by atoms with Crippen molar-refractivity contribution in [3.63, 3.8) is 0 Å². The number of H-pyrrole nitrogens is 1. The zero-order chi connectivity index (χ0) is 11.4. The van der Waals surface area contributed by atoms with Crippen LogP contribution in [0.25, 0.3) is 0 Å². The van der Waals surface area contributed by atoms with Gasteiger partial charge in [0.25, 0.3) is 0 Å². The van der Waals surface area contributed by atoms with Gasteiger partial charge in [-0.1, -0.05) is 6.58 Å². The fourth-order valence-electron chi connectivity index (χ4n) is 1.98. The van der Waals surface area contributed by atoms with E-state index in [1.165, 1.54) is 6.08 Å². The average molecular weight is 220 g/mol. The van der Waals surface area contributed by atoms with Gasteiger partial charge in [-0.2, -0.15) is 5.10 Å². The highest BCUT2D eigenvalue weighted by molar-refractivity contribution is 5.87. The Balaban J connectivity index is 1.91. The first kappa shape index (κ1) is 10.7. The summed E-state index contributed by atoms with van der Waals surface area (Å²) in [6.07, 6.45) is 5.17. The molecule has 0 radical (unpaired) electrons. The minimum absolute atomic E-state index is 0.0103. The average Bonchev–Trinajstić information content (AvgIpc) is 2.81. The molecule has 1 unspecified atom stereocenters. The van der Waals surface area contributed by atoms with Crippen LogP contribution in [0.5, 0.6) is 0 Å². The van der Waals surface area contributed by atoms with Crippen LogP contribution in [0.4, 0.5) is 5.82 Å². The topological polar surface area (TPSA) is 61.0 Å². The Morgan fingerprint density at radius 3 is 3.31 bits per heavy atom. The van der Waals surface area contributed by atoms with Crippen molar-refractivity contribution in [3.05, 3.63) is 24.9 Å². The number of rotatable bonds is 3. The summed E-state index contributed by atoms with van der Waals surface area (Å²) in [6.45, 7) is 5.06. The molecule has 2 rings (SSSR count). The minimum Gasteiger partial charge on any atom is -0.366 e. The molecule has 1 fully saturated rings. The molecule has 16 heavy (non-hydrogen) atoms. The molecule has 1 aliphatic heterocycles. The molecule has 0 aliphatic carbocycles. The molecule has 2 heterocycles. The van der Waals surface area contributed by atoms with E-state index < -0.39 is 0 Å². The summed E-state index contributed by atoms with van der Waals surface area (Å²) in [5, 5.41) is 10.1. The lowest BCUT2D eigenvalue weighted by Gasteiger charge is -2.32. The van der Waals surface area contributed by atoms with E-state index in [4.69, 9.17) is 0 Å². The molecule has 2 N–H and O–H groups in total. The van der Waals surface area contributed by atoms with Crippen LogP contribution in [0, 0.1) is 0 Å². The first-order valence-electron chi connectivity index (χ1n) is 5.47. The van der Waals surface area contributed by atoms with Crippen LogP contribution < -0.4 is 5.32 Å². The van der Waals surface area contributed by atoms with E-state index in [0.29, 0.717) is 0 Å². The number of likely N-dealkylation sites (tertiary alicyclic amines) is 1. The second-order valence-electron chi connectivity index (χ2n) is 3.94. The lowest BCUT2D eigenvalue weighted by Crippen LogP contribution is -2.44. The summed E-state index contributed by atoms with van der Waals surface area (Å²) in [7, 11) is 0. The number of nitrogens with one attached hydrogen (secondary N) is 2. The molecule has 1 saturated heterocycles. The van der Waals surface area contributed by atoms with Crippen molar-refractivity contribution in [2.75, 3.05) is 18.4 Å². The van der Waals surface area contributed by atoms with E-state index in [0.717, 1.165) is 31.7 Å². The molecular weight excluding hydrogens is 204 g/mol. The van der Waals surface area contributed by atoms with E-state index in [1.54, 1.807) is 6.20 Å². The quantitative estimate of drug-likeness (QED) is 0.747. The van der Waals surface area contributed by atoms with Gasteiger partial charge in [-0.3, -0.25) is 9.89 Å². The van der Waals surface area contributed by atoms with Gasteiger partial charge in [-0.25, -0.2) is 0 Å². The molecule has 1 aromatic heterocycles. The van der Waals surface area contributed by atoms with Gasteiger partial charge in [0.15, 0.2) is 0 Å². The second-order valence-corrected chi connectivity index (χ2v) is 3.94. The van der Waals surface area contributed by atoms with Crippen LogP contribution in [0.3, 0.4) is 0 Å². The number of piperidine rings is 1. The Morgan fingerprint density at radius 2 is 2.62 bits per heavy atom. The van der Waals surface area contributed by atoms with Crippen molar-refractivity contribution in [2.24, 2.45) is 0 Å². The second kappa shape index (κ2) is 4.83. The third-order valence-corrected chi connectivity index (χ3v) is 2.77. The summed E-state index contributed by atoms with van der Waals surface area (Å²) >= 11 is 0. The Bertz CT molecular complexity index is 360. The predicted molar refractivity (Wildman–Crippen MR) is 62.0 cm³/mol. The Kier molecular flexibility index (Phi) is 3.24. The Morgan fingerprint density at radius 1 is 1.75 bits per heavy atom. The van der Waals surface area contributed by atoms with Crippen molar-refractivity contribution < 1.29 is 4.79 Å². The zero-order valence-electron chi connectivity index (χ0n) is 9.15. The SMILES string of the molecule is C=CC(=O)N1CCCC(Nc2ccn[nH]2)C1. The number of carbonyl (C=O) groups is 1. The van der Waals surface area contributed by atoms with E-state index in [2.05, 4.69) is 22.1 Å². The van der Waals surface area contributed by atoms with Gasteiger partial charge in [-0.15, -0.1) is 0 Å². The summed E-state index contributed by atoms with van der Waals surface area (Å²) < 4.78 is 0. The number of hydrogen-bond acceptors (Lipinski definition) is 3. The molecule has 86 valence electrons. The summed E-state index contributed by atoms with van der Waals surface area (Å²) in [6, 6.07) is 2.17. The van der Waals surface area contributed by atoms with Gasteiger partial charge in [0.2, 0.25) is 5.91 Å². The van der Waals surface area contributed by atoms with E-state index >= 15 is 0 Å². The summed E-state index contributed by atoms with van der Waals surface area (Å²) in [5.41, 5.74) is 0. The molecule has 1 aromatic rings. The number of hydrogen-bond donors (Lipinski definition) is 2. The summed E-state index contributed by atoms with van der Waals surface area (Å²) in [4.78, 5) is 13.3. The molecule has 5 nitrogen and oxygen atoms in total. The van der Waals surface area contributed by atoms with Crippen molar-refractivity contribution in [1.29, 1.82) is 0 Å². The molecule has 1 atom stereocenters. The maximum Gasteiger partial charge on any atom is 0.246 e. The molecule has 0 bridgehead atoms. The van der Waals surface area contributed by atoms with Crippen molar-refractivity contribution in [1.82, 2.24) is 15.1 Å². The van der Waals surface area contributed by atoms with Gasteiger partial charge < -0.3 is 10.2 Å². The minimum atomic E-state index is 0.0103. The van der Waals surface area contributed by atoms with E-state index in [9.17, 15) is 4.79 Å². The van der Waals surface area contributed by atoms with Crippen molar-refractivity contribution in [2.45, 2.75) is 18.9 Å². The number of amides is 1. The molecule has 5 heteroatoms. The van der Waals surface area contributed by atoms with Crippen LogP contribution in [0.1, 0.15) is 12.8 Å². The summed E-state index contributed by atoms with van der Waals surface area (Å²) in [5.74, 6) is 0.911. The smallest absolute Gasteiger partial charge is 0.246 e. The molecular formula is C11H16N4O. The van der Waals surface area contributed by atoms with E-state index in [-0.39, 0.29) is 11.9 Å². The maximum absolute atomic E-state index is 11.5. The van der Waals surface area contributed by atoms with Gasteiger partial charge in [0, 0.05) is 19.1 Å². The van der Waals surface area contributed by atoms with Crippen molar-refractivity contribution >= 4 is 11.7 Å². The molecule has 1 aliphatic rings. The standard InChI is InChI=1S/C11H16N4O/c1-2-11(16)15-7-3-4-9(8-15)13-10-5-6-12-14-10/h2,5-6,9H,1,3-4,7-8H2,(H2,12,13,14). The number of aromatic amines is 1. The lowest BCUT2D eigenvalue weighted by atomic mass is 10.1. The van der Waals surface area contributed by atoms with Crippen LogP contribution in [-0.4, -0.2) is 40.1 Å². The van der Waals surface area contributed by atoms with Gasteiger partial charge >= 0.3 is 0 Å². The lowest BCUT2D eigenvalue weighted by molar-refractivity contribution is -0.127. The monoisotopic (exact) mass is 220 g/mol. The number of carbonyl (C=O) groups excluding carboxylic acids is 1. The third-order valence-electron chi connectivity index (χ3n) is 2.77. The number of aromatic nitrogens is 2. The first-order valence-corrected chi connectivity index (χ1v) is 5.47.